The average molecular weight is 450 g/mol. The monoisotopic (exact) mass is 450 g/mol. The van der Waals surface area contributed by atoms with Crippen LogP contribution in [0.5, 0.6) is 5.75 Å². The molecule has 6 heteroatoms. The molecule has 1 aliphatic carbocycles. The van der Waals surface area contributed by atoms with E-state index in [2.05, 4.69) is 6.58 Å². The van der Waals surface area contributed by atoms with Crippen molar-refractivity contribution in [3.8, 4) is 16.9 Å². The van der Waals surface area contributed by atoms with Gasteiger partial charge >= 0.3 is 0 Å². The van der Waals surface area contributed by atoms with Crippen LogP contribution in [0.4, 0.5) is 22.0 Å². The lowest BCUT2D eigenvalue weighted by Gasteiger charge is -2.29. The van der Waals surface area contributed by atoms with E-state index in [1.807, 2.05) is 6.08 Å². The molecule has 0 spiro atoms. The number of hydrogen-bond donors (Lipinski definition) is 0. The molecule has 0 aromatic heterocycles. The Kier molecular flexibility index (Phi) is 8.48. The number of alkyl halides is 1. The van der Waals surface area contributed by atoms with Crippen LogP contribution in [0, 0.1) is 29.2 Å². The number of rotatable bonds is 9. The number of benzene rings is 2. The van der Waals surface area contributed by atoms with Crippen molar-refractivity contribution in [2.45, 2.75) is 44.4 Å². The summed E-state index contributed by atoms with van der Waals surface area (Å²) in [6.45, 7) is 2.97. The summed E-state index contributed by atoms with van der Waals surface area (Å²) in [5, 5.41) is 0. The second-order valence-electron chi connectivity index (χ2n) is 8.09. The largest absolute Gasteiger partial charge is 0.486 e. The van der Waals surface area contributed by atoms with Gasteiger partial charge in [0.25, 0.3) is 0 Å². The van der Waals surface area contributed by atoms with Crippen molar-refractivity contribution < 1.29 is 26.7 Å². The lowest BCUT2D eigenvalue weighted by atomic mass is 9.77. The van der Waals surface area contributed by atoms with Crippen LogP contribution in [0.25, 0.3) is 11.1 Å². The second-order valence-corrected chi connectivity index (χ2v) is 8.09. The first-order chi connectivity index (χ1) is 15.5. The van der Waals surface area contributed by atoms with Gasteiger partial charge in [-0.15, -0.1) is 0 Å². The Balaban J connectivity index is 1.75. The van der Waals surface area contributed by atoms with Gasteiger partial charge in [-0.05, 0) is 68.1 Å². The number of allylic oxidation sites excluding steroid dienone is 2. The van der Waals surface area contributed by atoms with Crippen LogP contribution in [0.1, 0.15) is 50.0 Å². The maximum atomic E-state index is 14.9. The first kappa shape index (κ1) is 24.0. The van der Waals surface area contributed by atoms with Crippen LogP contribution in [-0.2, 0) is 0 Å². The molecule has 1 nitrogen and oxygen atoms in total. The molecule has 0 radical (unpaired) electrons. The molecular weight excluding hydrogens is 423 g/mol. The van der Waals surface area contributed by atoms with Gasteiger partial charge in [0.15, 0.2) is 23.2 Å². The summed E-state index contributed by atoms with van der Waals surface area (Å²) in [7, 11) is 0. The van der Waals surface area contributed by atoms with Crippen molar-refractivity contribution in [3.63, 3.8) is 0 Å². The van der Waals surface area contributed by atoms with Crippen molar-refractivity contribution in [3.05, 3.63) is 77.9 Å². The number of hydrogen-bond acceptors (Lipinski definition) is 1. The van der Waals surface area contributed by atoms with Gasteiger partial charge in [-0.25, -0.2) is 17.6 Å². The predicted molar refractivity (Wildman–Crippen MR) is 116 cm³/mol. The van der Waals surface area contributed by atoms with Gasteiger partial charge in [0.1, 0.15) is 13.3 Å². The number of ether oxygens (including phenoxy) is 1. The Morgan fingerprint density at radius 2 is 1.50 bits per heavy atom. The van der Waals surface area contributed by atoms with Gasteiger partial charge in [0, 0.05) is 11.1 Å². The third-order valence-electron chi connectivity index (χ3n) is 6.09. The minimum atomic E-state index is -1.29. The Bertz CT molecular complexity index is 961. The molecule has 0 aliphatic heterocycles. The molecule has 0 heterocycles. The molecule has 172 valence electrons. The average Bonchev–Trinajstić information content (AvgIpc) is 2.80. The predicted octanol–water partition coefficient (Wildman–Crippen LogP) is 8.05. The fourth-order valence-corrected chi connectivity index (χ4v) is 4.36. The van der Waals surface area contributed by atoms with E-state index in [-0.39, 0.29) is 35.0 Å². The highest BCUT2D eigenvalue weighted by molar-refractivity contribution is 5.66. The van der Waals surface area contributed by atoms with Gasteiger partial charge in [0.2, 0.25) is 5.82 Å². The normalized spacial score (nSPS) is 18.8. The lowest BCUT2D eigenvalue weighted by molar-refractivity contribution is 0.306. The van der Waals surface area contributed by atoms with Crippen molar-refractivity contribution in [2.24, 2.45) is 5.92 Å². The van der Waals surface area contributed by atoms with E-state index in [1.54, 1.807) is 0 Å². The van der Waals surface area contributed by atoms with Crippen molar-refractivity contribution in [1.82, 2.24) is 0 Å². The Hall–Kier alpha value is -2.63. The van der Waals surface area contributed by atoms with Gasteiger partial charge < -0.3 is 4.74 Å². The Morgan fingerprint density at radius 3 is 2.16 bits per heavy atom. The Morgan fingerprint density at radius 1 is 0.844 bits per heavy atom. The van der Waals surface area contributed by atoms with Gasteiger partial charge in [-0.3, -0.25) is 0 Å². The molecule has 0 amide bonds. The highest BCUT2D eigenvalue weighted by Crippen LogP contribution is 2.41. The molecule has 2 aromatic rings. The first-order valence-corrected chi connectivity index (χ1v) is 10.9. The molecule has 0 bridgehead atoms. The van der Waals surface area contributed by atoms with Gasteiger partial charge in [-0.2, -0.15) is 4.39 Å². The van der Waals surface area contributed by atoms with E-state index >= 15 is 0 Å². The van der Waals surface area contributed by atoms with Crippen LogP contribution in [0.2, 0.25) is 0 Å². The van der Waals surface area contributed by atoms with Crippen molar-refractivity contribution >= 4 is 0 Å². The van der Waals surface area contributed by atoms with E-state index in [9.17, 15) is 22.0 Å². The van der Waals surface area contributed by atoms with Crippen LogP contribution in [0.15, 0.2) is 49.1 Å². The summed E-state index contributed by atoms with van der Waals surface area (Å²) in [5.74, 6) is -4.69. The van der Waals surface area contributed by atoms with E-state index in [0.717, 1.165) is 38.5 Å². The first-order valence-electron chi connectivity index (χ1n) is 10.9. The lowest BCUT2D eigenvalue weighted by Crippen LogP contribution is -2.15. The van der Waals surface area contributed by atoms with E-state index < -0.39 is 29.9 Å². The van der Waals surface area contributed by atoms with E-state index in [1.165, 1.54) is 36.4 Å². The minimum absolute atomic E-state index is 0.00996. The van der Waals surface area contributed by atoms with Gasteiger partial charge in [-0.1, -0.05) is 36.9 Å². The summed E-state index contributed by atoms with van der Waals surface area (Å²) in [5.41, 5.74) is -0.415. The summed E-state index contributed by atoms with van der Waals surface area (Å²) < 4.78 is 75.8. The summed E-state index contributed by atoms with van der Waals surface area (Å²) in [4.78, 5) is 0. The number of halogens is 5. The van der Waals surface area contributed by atoms with Crippen molar-refractivity contribution in [1.29, 1.82) is 0 Å². The smallest absolute Gasteiger partial charge is 0.201 e. The Labute approximate surface area is 185 Å². The SMILES string of the molecule is C=CCOc1ccc(-c2ccc(C3CCC(CC/C=C/CF)CC3)c(F)c2F)c(F)c1F. The van der Waals surface area contributed by atoms with Crippen LogP contribution >= 0.6 is 0 Å². The van der Waals surface area contributed by atoms with E-state index in [0.29, 0.717) is 5.92 Å². The highest BCUT2D eigenvalue weighted by Gasteiger charge is 2.27. The van der Waals surface area contributed by atoms with E-state index in [4.69, 9.17) is 4.74 Å². The van der Waals surface area contributed by atoms with Gasteiger partial charge in [0.05, 0.1) is 0 Å². The fourth-order valence-electron chi connectivity index (χ4n) is 4.36. The standard InChI is InChI=1S/C26H27F5O/c1-2-16-32-22-14-13-21(25(30)26(22)31)20-12-11-19(23(28)24(20)29)18-9-7-17(8-10-18)6-4-3-5-15-27/h2-3,5,11-14,17-18H,1,4,6-10,15-16H2/b5-3+. The molecule has 0 unspecified atom stereocenters. The molecule has 32 heavy (non-hydrogen) atoms. The topological polar surface area (TPSA) is 9.23 Å². The van der Waals surface area contributed by atoms with Crippen LogP contribution in [-0.4, -0.2) is 13.3 Å². The molecule has 0 N–H and O–H groups in total. The third-order valence-corrected chi connectivity index (χ3v) is 6.09. The quantitative estimate of drug-likeness (QED) is 0.277. The molecule has 0 atom stereocenters. The molecular formula is C26H27F5O. The zero-order chi connectivity index (χ0) is 23.1. The van der Waals surface area contributed by atoms with Crippen LogP contribution < -0.4 is 4.74 Å². The minimum Gasteiger partial charge on any atom is -0.486 e. The third kappa shape index (κ3) is 5.40. The van der Waals surface area contributed by atoms with Crippen LogP contribution in [0.3, 0.4) is 0 Å². The second kappa shape index (κ2) is 11.3. The zero-order valence-electron chi connectivity index (χ0n) is 17.9. The highest BCUT2D eigenvalue weighted by atomic mass is 19.2. The molecule has 3 rings (SSSR count). The zero-order valence-corrected chi connectivity index (χ0v) is 17.9. The molecule has 1 saturated carbocycles. The fraction of sp³-hybridized carbons (Fsp3) is 0.385. The summed E-state index contributed by atoms with van der Waals surface area (Å²) in [6.07, 6.45) is 9.73. The maximum Gasteiger partial charge on any atom is 0.201 e. The summed E-state index contributed by atoms with van der Waals surface area (Å²) >= 11 is 0. The molecule has 1 aliphatic rings. The molecule has 0 saturated heterocycles. The molecule has 1 fully saturated rings. The van der Waals surface area contributed by atoms with Crippen molar-refractivity contribution in [2.75, 3.05) is 13.3 Å². The maximum absolute atomic E-state index is 14.9. The summed E-state index contributed by atoms with van der Waals surface area (Å²) in [6, 6.07) is 5.15. The molecule has 2 aromatic carbocycles.